The number of rotatable bonds is 3. The van der Waals surface area contributed by atoms with Gasteiger partial charge in [-0.15, -0.1) is 5.10 Å². The molecule has 0 aliphatic heterocycles. The minimum atomic E-state index is -0.301. The van der Waals surface area contributed by atoms with Crippen molar-refractivity contribution in [3.63, 3.8) is 0 Å². The molecule has 0 amide bonds. The van der Waals surface area contributed by atoms with Crippen LogP contribution in [0.5, 0.6) is 0 Å². The van der Waals surface area contributed by atoms with E-state index in [2.05, 4.69) is 31.7 Å². The van der Waals surface area contributed by atoms with E-state index in [4.69, 9.17) is 5.84 Å². The summed E-state index contributed by atoms with van der Waals surface area (Å²) < 4.78 is 15.1. The molecule has 7 heteroatoms. The first kappa shape index (κ1) is 12.2. The van der Waals surface area contributed by atoms with Crippen LogP contribution in [0.15, 0.2) is 28.9 Å². The molecule has 90 valence electrons. The van der Waals surface area contributed by atoms with Gasteiger partial charge in [-0.3, -0.25) is 5.84 Å². The van der Waals surface area contributed by atoms with Gasteiger partial charge in [-0.05, 0) is 33.6 Å². The second kappa shape index (κ2) is 4.91. The van der Waals surface area contributed by atoms with E-state index in [0.717, 1.165) is 11.3 Å². The number of hydrogen-bond acceptors (Lipinski definition) is 4. The molecule has 2 rings (SSSR count). The summed E-state index contributed by atoms with van der Waals surface area (Å²) in [4.78, 5) is 0. The first-order valence-corrected chi connectivity index (χ1v) is 5.69. The van der Waals surface area contributed by atoms with Crippen molar-refractivity contribution in [1.82, 2.24) is 20.4 Å². The number of benzene rings is 1. The van der Waals surface area contributed by atoms with Crippen LogP contribution in [0.3, 0.4) is 0 Å². The quantitative estimate of drug-likeness (QED) is 0.661. The first-order chi connectivity index (χ1) is 8.13. The summed E-state index contributed by atoms with van der Waals surface area (Å²) in [6.45, 7) is 0. The van der Waals surface area contributed by atoms with Gasteiger partial charge < -0.3 is 0 Å². The van der Waals surface area contributed by atoms with Gasteiger partial charge >= 0.3 is 0 Å². The molecule has 1 heterocycles. The van der Waals surface area contributed by atoms with Crippen molar-refractivity contribution in [2.24, 2.45) is 12.9 Å². The Bertz CT molecular complexity index is 490. The summed E-state index contributed by atoms with van der Waals surface area (Å²) in [7, 11) is 1.76. The summed E-state index contributed by atoms with van der Waals surface area (Å²) >= 11 is 3.31. The summed E-state index contributed by atoms with van der Waals surface area (Å²) in [5.74, 6) is 5.25. The maximum atomic E-state index is 12.9. The van der Waals surface area contributed by atoms with Crippen molar-refractivity contribution in [1.29, 1.82) is 0 Å². The Hall–Kier alpha value is -1.31. The van der Waals surface area contributed by atoms with Crippen LogP contribution in [0, 0.1) is 5.82 Å². The fourth-order valence-electron chi connectivity index (χ4n) is 1.63. The Morgan fingerprint density at radius 1 is 1.41 bits per heavy atom. The molecule has 2 aromatic rings. The number of nitrogens with two attached hydrogens (primary N) is 1. The number of hydrazine groups is 1. The van der Waals surface area contributed by atoms with Gasteiger partial charge in [0.15, 0.2) is 4.60 Å². The standard InChI is InChI=1S/C10H11BrFN5/c1-17-9(10(11)15-16-17)8(14-13)6-2-4-7(12)5-3-6/h2-5,8,14H,13H2,1H3. The minimum absolute atomic E-state index is 0.285. The molecular formula is C10H11BrFN5. The zero-order chi connectivity index (χ0) is 12.4. The number of halogens is 2. The van der Waals surface area contributed by atoms with Crippen LogP contribution in [0.4, 0.5) is 4.39 Å². The van der Waals surface area contributed by atoms with Crippen LogP contribution in [-0.2, 0) is 7.05 Å². The van der Waals surface area contributed by atoms with Gasteiger partial charge in [0, 0.05) is 7.05 Å². The molecule has 1 aromatic carbocycles. The predicted octanol–water partition coefficient (Wildman–Crippen LogP) is 1.27. The molecule has 1 aromatic heterocycles. The Morgan fingerprint density at radius 2 is 2.06 bits per heavy atom. The van der Waals surface area contributed by atoms with Crippen LogP contribution >= 0.6 is 15.9 Å². The minimum Gasteiger partial charge on any atom is -0.271 e. The second-order valence-electron chi connectivity index (χ2n) is 3.54. The summed E-state index contributed by atoms with van der Waals surface area (Å²) in [6, 6.07) is 5.80. The third kappa shape index (κ3) is 2.36. The van der Waals surface area contributed by atoms with E-state index >= 15 is 0 Å². The van der Waals surface area contributed by atoms with E-state index in [1.54, 1.807) is 23.9 Å². The number of nitrogens with one attached hydrogen (secondary N) is 1. The fraction of sp³-hybridized carbons (Fsp3) is 0.200. The van der Waals surface area contributed by atoms with Crippen molar-refractivity contribution in [2.75, 3.05) is 0 Å². The average Bonchev–Trinajstić information content (AvgIpc) is 2.64. The van der Waals surface area contributed by atoms with Crippen molar-refractivity contribution >= 4 is 15.9 Å². The second-order valence-corrected chi connectivity index (χ2v) is 4.29. The van der Waals surface area contributed by atoms with Crippen molar-refractivity contribution in [2.45, 2.75) is 6.04 Å². The van der Waals surface area contributed by atoms with E-state index in [9.17, 15) is 4.39 Å². The topological polar surface area (TPSA) is 68.8 Å². The summed E-state index contributed by atoms with van der Waals surface area (Å²) in [6.07, 6.45) is 0. The van der Waals surface area contributed by atoms with Gasteiger partial charge in [0.25, 0.3) is 0 Å². The van der Waals surface area contributed by atoms with Crippen LogP contribution < -0.4 is 11.3 Å². The number of aryl methyl sites for hydroxylation is 1. The van der Waals surface area contributed by atoms with Crippen molar-refractivity contribution in [3.8, 4) is 0 Å². The number of nitrogens with zero attached hydrogens (tertiary/aromatic N) is 3. The SMILES string of the molecule is Cn1nnc(Br)c1C(NN)c1ccc(F)cc1. The third-order valence-electron chi connectivity index (χ3n) is 2.47. The monoisotopic (exact) mass is 299 g/mol. The van der Waals surface area contributed by atoms with Gasteiger partial charge in [-0.25, -0.2) is 14.5 Å². The van der Waals surface area contributed by atoms with Crippen LogP contribution in [-0.4, -0.2) is 15.0 Å². The highest BCUT2D eigenvalue weighted by Gasteiger charge is 2.20. The number of hydrogen-bond donors (Lipinski definition) is 2. The Labute approximate surface area is 106 Å². The lowest BCUT2D eigenvalue weighted by Gasteiger charge is -2.16. The zero-order valence-corrected chi connectivity index (χ0v) is 10.6. The Balaban J connectivity index is 2.43. The van der Waals surface area contributed by atoms with Crippen LogP contribution in [0.1, 0.15) is 17.3 Å². The van der Waals surface area contributed by atoms with Gasteiger partial charge in [-0.1, -0.05) is 17.3 Å². The van der Waals surface area contributed by atoms with Gasteiger partial charge in [0.05, 0.1) is 11.7 Å². The van der Waals surface area contributed by atoms with Crippen LogP contribution in [0.25, 0.3) is 0 Å². The largest absolute Gasteiger partial charge is 0.271 e. The lowest BCUT2D eigenvalue weighted by Crippen LogP contribution is -2.30. The van der Waals surface area contributed by atoms with E-state index in [1.165, 1.54) is 12.1 Å². The molecule has 0 aliphatic carbocycles. The molecule has 0 fully saturated rings. The highest BCUT2D eigenvalue weighted by molar-refractivity contribution is 9.10. The molecule has 0 saturated carbocycles. The lowest BCUT2D eigenvalue weighted by atomic mass is 10.0. The van der Waals surface area contributed by atoms with E-state index in [-0.39, 0.29) is 11.9 Å². The molecule has 3 N–H and O–H groups in total. The van der Waals surface area contributed by atoms with E-state index in [0.29, 0.717) is 4.60 Å². The molecule has 0 spiro atoms. The summed E-state index contributed by atoms with van der Waals surface area (Å²) in [5.41, 5.74) is 4.28. The predicted molar refractivity (Wildman–Crippen MR) is 64.3 cm³/mol. The molecule has 0 bridgehead atoms. The third-order valence-corrected chi connectivity index (χ3v) is 3.03. The highest BCUT2D eigenvalue weighted by atomic mass is 79.9. The fourth-order valence-corrected chi connectivity index (χ4v) is 2.19. The van der Waals surface area contributed by atoms with E-state index in [1.807, 2.05) is 0 Å². The molecular weight excluding hydrogens is 289 g/mol. The smallest absolute Gasteiger partial charge is 0.153 e. The lowest BCUT2D eigenvalue weighted by molar-refractivity contribution is 0.566. The zero-order valence-electron chi connectivity index (χ0n) is 9.06. The molecule has 1 unspecified atom stereocenters. The maximum absolute atomic E-state index is 12.9. The van der Waals surface area contributed by atoms with E-state index < -0.39 is 0 Å². The molecule has 5 nitrogen and oxygen atoms in total. The summed E-state index contributed by atoms with van der Waals surface area (Å²) in [5, 5.41) is 7.77. The normalized spacial score (nSPS) is 12.7. The van der Waals surface area contributed by atoms with Crippen molar-refractivity contribution in [3.05, 3.63) is 45.9 Å². The molecule has 0 saturated heterocycles. The number of aromatic nitrogens is 3. The average molecular weight is 300 g/mol. The maximum Gasteiger partial charge on any atom is 0.153 e. The van der Waals surface area contributed by atoms with Crippen molar-refractivity contribution < 1.29 is 4.39 Å². The molecule has 1 atom stereocenters. The Kier molecular flexibility index (Phi) is 3.51. The molecule has 0 aliphatic rings. The molecule has 0 radical (unpaired) electrons. The molecule has 17 heavy (non-hydrogen) atoms. The first-order valence-electron chi connectivity index (χ1n) is 4.90. The van der Waals surface area contributed by atoms with Gasteiger partial charge in [0.1, 0.15) is 5.82 Å². The van der Waals surface area contributed by atoms with Gasteiger partial charge in [0.2, 0.25) is 0 Å². The van der Waals surface area contributed by atoms with Gasteiger partial charge in [-0.2, -0.15) is 0 Å². The van der Waals surface area contributed by atoms with Crippen LogP contribution in [0.2, 0.25) is 0 Å². The Morgan fingerprint density at radius 3 is 2.53 bits per heavy atom. The highest BCUT2D eigenvalue weighted by Crippen LogP contribution is 2.25.